The summed E-state index contributed by atoms with van der Waals surface area (Å²) in [6.07, 6.45) is 7.51. The molecule has 0 fully saturated rings. The maximum atomic E-state index is 12.1. The molecule has 1 aromatic rings. The summed E-state index contributed by atoms with van der Waals surface area (Å²) >= 11 is 0. The number of fused-ring (bicyclic) bond motifs is 3. The molecule has 19 heavy (non-hydrogen) atoms. The van der Waals surface area contributed by atoms with Crippen LogP contribution in [0.5, 0.6) is 0 Å². The van der Waals surface area contributed by atoms with E-state index in [4.69, 9.17) is 4.74 Å². The van der Waals surface area contributed by atoms with Gasteiger partial charge in [0.25, 0.3) is 0 Å². The molecule has 0 amide bonds. The van der Waals surface area contributed by atoms with Crippen molar-refractivity contribution in [2.24, 2.45) is 0 Å². The number of hydrogen-bond donors (Lipinski definition) is 2. The minimum absolute atomic E-state index is 0.124. The van der Waals surface area contributed by atoms with E-state index in [1.54, 1.807) is 0 Å². The highest BCUT2D eigenvalue weighted by atomic mass is 16.5. The van der Waals surface area contributed by atoms with Crippen LogP contribution < -0.4 is 5.32 Å². The Balaban J connectivity index is 2.01. The summed E-state index contributed by atoms with van der Waals surface area (Å²) in [4.78, 5) is 15.6. The highest BCUT2D eigenvalue weighted by molar-refractivity contribution is 5.79. The van der Waals surface area contributed by atoms with Crippen LogP contribution in [0.1, 0.15) is 41.8 Å². The molecule has 0 spiro atoms. The second-order valence-electron chi connectivity index (χ2n) is 5.11. The van der Waals surface area contributed by atoms with Gasteiger partial charge in [-0.1, -0.05) is 12.2 Å². The van der Waals surface area contributed by atoms with Crippen LogP contribution in [0, 0.1) is 0 Å². The molecule has 0 aromatic carbocycles. The van der Waals surface area contributed by atoms with E-state index >= 15 is 0 Å². The van der Waals surface area contributed by atoms with E-state index in [0.29, 0.717) is 13.2 Å². The number of H-pyrrole nitrogens is 1. The summed E-state index contributed by atoms with van der Waals surface area (Å²) in [6.45, 7) is 3.87. The summed E-state index contributed by atoms with van der Waals surface area (Å²) in [5, 5.41) is 3.33. The van der Waals surface area contributed by atoms with E-state index in [9.17, 15) is 4.79 Å². The Morgan fingerprint density at radius 2 is 2.37 bits per heavy atom. The lowest BCUT2D eigenvalue weighted by molar-refractivity contribution is -0.144. The van der Waals surface area contributed by atoms with Crippen LogP contribution in [0.4, 0.5) is 0 Å². The minimum atomic E-state index is -0.198. The van der Waals surface area contributed by atoms with Gasteiger partial charge >= 0.3 is 5.97 Å². The number of rotatable bonds is 2. The summed E-state index contributed by atoms with van der Waals surface area (Å²) in [5.41, 5.74) is 4.96. The Bertz CT molecular complexity index is 516. The molecule has 2 aliphatic rings. The molecule has 2 N–H and O–H groups in total. The fraction of sp³-hybridized carbons (Fsp3) is 0.533. The predicted octanol–water partition coefficient (Wildman–Crippen LogP) is 1.77. The van der Waals surface area contributed by atoms with Crippen LogP contribution >= 0.6 is 0 Å². The number of ether oxygens (including phenoxy) is 1. The number of aromatic amines is 1. The van der Waals surface area contributed by atoms with E-state index in [2.05, 4.69) is 22.5 Å². The number of esters is 1. The number of nitrogens with one attached hydrogen (secondary N) is 2. The minimum Gasteiger partial charge on any atom is -0.465 e. The van der Waals surface area contributed by atoms with E-state index in [0.717, 1.165) is 31.5 Å². The Morgan fingerprint density at radius 3 is 3.21 bits per heavy atom. The summed E-state index contributed by atoms with van der Waals surface area (Å²) < 4.78 is 5.21. The molecular formula is C15H20N2O2. The zero-order chi connectivity index (χ0) is 13.2. The van der Waals surface area contributed by atoms with E-state index in [1.165, 1.54) is 16.8 Å². The Kier molecular flexibility index (Phi) is 3.42. The molecule has 1 aliphatic heterocycles. The first-order valence-corrected chi connectivity index (χ1v) is 7.08. The van der Waals surface area contributed by atoms with Crippen LogP contribution in [0.3, 0.4) is 0 Å². The second-order valence-corrected chi connectivity index (χ2v) is 5.11. The van der Waals surface area contributed by atoms with Crippen molar-refractivity contribution in [2.75, 3.05) is 19.7 Å². The SMILES string of the molecule is CCOC(=O)C1CNCCc2c1[nH]c1c2C=CCC1. The first-order chi connectivity index (χ1) is 9.31. The van der Waals surface area contributed by atoms with Crippen molar-refractivity contribution in [3.8, 4) is 0 Å². The van der Waals surface area contributed by atoms with Crippen LogP contribution in [0.25, 0.3) is 6.08 Å². The number of aromatic nitrogens is 1. The molecule has 1 aliphatic carbocycles. The van der Waals surface area contributed by atoms with Gasteiger partial charge in [0.15, 0.2) is 0 Å². The van der Waals surface area contributed by atoms with Crippen LogP contribution in [0.2, 0.25) is 0 Å². The summed E-state index contributed by atoms with van der Waals surface area (Å²) in [7, 11) is 0. The van der Waals surface area contributed by atoms with Crippen molar-refractivity contribution in [3.05, 3.63) is 28.6 Å². The number of aryl methyl sites for hydroxylation is 1. The fourth-order valence-corrected chi connectivity index (χ4v) is 3.03. The molecule has 0 bridgehead atoms. The predicted molar refractivity (Wildman–Crippen MR) is 74.1 cm³/mol. The smallest absolute Gasteiger partial charge is 0.316 e. The van der Waals surface area contributed by atoms with Crippen molar-refractivity contribution in [1.82, 2.24) is 10.3 Å². The van der Waals surface area contributed by atoms with E-state index < -0.39 is 0 Å². The lowest BCUT2D eigenvalue weighted by Crippen LogP contribution is -2.27. The Morgan fingerprint density at radius 1 is 1.47 bits per heavy atom. The van der Waals surface area contributed by atoms with Gasteiger partial charge in [0.2, 0.25) is 0 Å². The van der Waals surface area contributed by atoms with E-state index in [1.807, 2.05) is 6.92 Å². The Labute approximate surface area is 113 Å². The average molecular weight is 260 g/mol. The molecular weight excluding hydrogens is 240 g/mol. The van der Waals surface area contributed by atoms with Gasteiger partial charge in [0.05, 0.1) is 6.61 Å². The highest BCUT2D eigenvalue weighted by Gasteiger charge is 2.30. The van der Waals surface area contributed by atoms with Crippen LogP contribution in [0.15, 0.2) is 6.08 Å². The normalized spacial score (nSPS) is 21.4. The maximum Gasteiger partial charge on any atom is 0.316 e. The average Bonchev–Trinajstić information content (AvgIpc) is 2.64. The second kappa shape index (κ2) is 5.21. The summed E-state index contributed by atoms with van der Waals surface area (Å²) in [5.74, 6) is -0.322. The topological polar surface area (TPSA) is 54.1 Å². The van der Waals surface area contributed by atoms with Gasteiger partial charge < -0.3 is 15.0 Å². The van der Waals surface area contributed by atoms with Gasteiger partial charge in [-0.25, -0.2) is 0 Å². The monoisotopic (exact) mass is 260 g/mol. The fourth-order valence-electron chi connectivity index (χ4n) is 3.03. The standard InChI is InChI=1S/C15H20N2O2/c1-2-19-15(18)12-9-16-8-7-11-10-5-3-4-6-13(10)17-14(11)12/h3,5,12,16-17H,2,4,6-9H2,1H3. The number of allylic oxidation sites excluding steroid dienone is 1. The largest absolute Gasteiger partial charge is 0.465 e. The lowest BCUT2D eigenvalue weighted by Gasteiger charge is -2.13. The molecule has 0 saturated heterocycles. The first-order valence-electron chi connectivity index (χ1n) is 7.08. The van der Waals surface area contributed by atoms with E-state index in [-0.39, 0.29) is 11.9 Å². The molecule has 102 valence electrons. The molecule has 3 rings (SSSR count). The molecule has 4 nitrogen and oxygen atoms in total. The third-order valence-corrected chi connectivity index (χ3v) is 3.93. The van der Waals surface area contributed by atoms with Gasteiger partial charge in [-0.05, 0) is 43.9 Å². The van der Waals surface area contributed by atoms with Gasteiger partial charge in [-0.2, -0.15) is 0 Å². The van der Waals surface area contributed by atoms with Crippen molar-refractivity contribution in [1.29, 1.82) is 0 Å². The van der Waals surface area contributed by atoms with Crippen LogP contribution in [-0.4, -0.2) is 30.6 Å². The van der Waals surface area contributed by atoms with Crippen molar-refractivity contribution in [3.63, 3.8) is 0 Å². The molecule has 4 heteroatoms. The van der Waals surface area contributed by atoms with Crippen molar-refractivity contribution >= 4 is 12.0 Å². The quantitative estimate of drug-likeness (QED) is 0.797. The highest BCUT2D eigenvalue weighted by Crippen LogP contribution is 2.32. The number of carbonyl (C=O) groups is 1. The van der Waals surface area contributed by atoms with Crippen LogP contribution in [-0.2, 0) is 22.4 Å². The third-order valence-electron chi connectivity index (χ3n) is 3.93. The van der Waals surface area contributed by atoms with Gasteiger partial charge in [-0.15, -0.1) is 0 Å². The van der Waals surface area contributed by atoms with Crippen molar-refractivity contribution < 1.29 is 9.53 Å². The zero-order valence-electron chi connectivity index (χ0n) is 11.3. The van der Waals surface area contributed by atoms with Crippen molar-refractivity contribution in [2.45, 2.75) is 32.1 Å². The first kappa shape index (κ1) is 12.5. The molecule has 2 heterocycles. The van der Waals surface area contributed by atoms with Gasteiger partial charge in [0.1, 0.15) is 5.92 Å². The molecule has 0 saturated carbocycles. The molecule has 1 unspecified atom stereocenters. The number of carbonyl (C=O) groups excluding carboxylic acids is 1. The summed E-state index contributed by atoms with van der Waals surface area (Å²) in [6, 6.07) is 0. The molecule has 0 radical (unpaired) electrons. The Hall–Kier alpha value is -1.55. The van der Waals surface area contributed by atoms with Gasteiger partial charge in [-0.3, -0.25) is 4.79 Å². The number of hydrogen-bond acceptors (Lipinski definition) is 3. The molecule has 1 aromatic heterocycles. The zero-order valence-corrected chi connectivity index (χ0v) is 11.3. The molecule has 1 atom stereocenters. The van der Waals surface area contributed by atoms with Gasteiger partial charge in [0, 0.05) is 17.9 Å². The maximum absolute atomic E-state index is 12.1. The third kappa shape index (κ3) is 2.21. The lowest BCUT2D eigenvalue weighted by atomic mass is 9.96.